The molecule has 0 amide bonds. The molecule has 0 radical (unpaired) electrons. The highest BCUT2D eigenvalue weighted by Gasteiger charge is 2.42. The molecule has 4 nitrogen and oxygen atoms in total. The van der Waals surface area contributed by atoms with Crippen LogP contribution in [0.4, 0.5) is 26.3 Å². The first kappa shape index (κ1) is 28.1. The topological polar surface area (TPSA) is 58.6 Å². The maximum atomic E-state index is 14.0. The van der Waals surface area contributed by atoms with Gasteiger partial charge in [0.2, 0.25) is 0 Å². The molecule has 2 N–H and O–H groups in total. The van der Waals surface area contributed by atoms with Crippen LogP contribution < -0.4 is 10.1 Å². The summed E-state index contributed by atoms with van der Waals surface area (Å²) < 4.78 is 86.3. The van der Waals surface area contributed by atoms with E-state index in [1.165, 1.54) is 12.1 Å². The van der Waals surface area contributed by atoms with E-state index in [2.05, 4.69) is 5.32 Å². The van der Waals surface area contributed by atoms with Crippen molar-refractivity contribution in [1.29, 1.82) is 0 Å². The number of halogens is 6. The van der Waals surface area contributed by atoms with Crippen molar-refractivity contribution in [2.45, 2.75) is 82.8 Å². The van der Waals surface area contributed by atoms with Crippen molar-refractivity contribution in [1.82, 2.24) is 5.32 Å². The third-order valence-electron chi connectivity index (χ3n) is 6.58. The number of ether oxygens (including phenoxy) is 1. The number of hydrogen-bond donors (Lipinski definition) is 2. The predicted molar refractivity (Wildman–Crippen MR) is 124 cm³/mol. The third kappa shape index (κ3) is 8.01. The van der Waals surface area contributed by atoms with Gasteiger partial charge >= 0.3 is 18.3 Å². The average Bonchev–Trinajstić information content (AvgIpc) is 2.79. The molecule has 2 aromatic carbocycles. The average molecular weight is 520 g/mol. The van der Waals surface area contributed by atoms with Gasteiger partial charge in [0.05, 0.1) is 12.0 Å². The highest BCUT2D eigenvalue weighted by atomic mass is 19.4. The van der Waals surface area contributed by atoms with Crippen molar-refractivity contribution in [2.24, 2.45) is 5.92 Å². The fourth-order valence-electron chi connectivity index (χ4n) is 4.66. The number of aliphatic carboxylic acids is 1. The Morgan fingerprint density at radius 3 is 2.28 bits per heavy atom. The lowest BCUT2D eigenvalue weighted by molar-refractivity contribution is -0.185. The molecule has 36 heavy (non-hydrogen) atoms. The molecule has 2 aromatic rings. The molecular formula is C26H31F6NO3. The standard InChI is InChI=1S/C26H31F6NO3/c27-25(28,29)19-8-10-20(11-9-19)36-22-13-7-18-15-17(6-12-21(18)24(22)26(30,31)32)16-33-14-4-2-1-3-5-23(34)35/h6-7,12-13,15,19-20,33H,1-5,8-11,14,16H2,(H,34,35). The van der Waals surface area contributed by atoms with Crippen LogP contribution >= 0.6 is 0 Å². The van der Waals surface area contributed by atoms with Gasteiger partial charge in [-0.1, -0.05) is 31.0 Å². The number of hydrogen-bond acceptors (Lipinski definition) is 3. The molecule has 0 heterocycles. The first-order chi connectivity index (χ1) is 16.9. The maximum absolute atomic E-state index is 14.0. The zero-order valence-corrected chi connectivity index (χ0v) is 19.9. The molecule has 1 saturated carbocycles. The van der Waals surface area contributed by atoms with Gasteiger partial charge < -0.3 is 15.2 Å². The Morgan fingerprint density at radius 2 is 1.64 bits per heavy atom. The number of nitrogens with one attached hydrogen (secondary N) is 1. The Labute approximate surface area is 206 Å². The van der Waals surface area contributed by atoms with E-state index in [1.807, 2.05) is 0 Å². The van der Waals surface area contributed by atoms with Crippen LogP contribution in [0, 0.1) is 5.92 Å². The number of carboxylic acid groups (broad SMARTS) is 1. The summed E-state index contributed by atoms with van der Waals surface area (Å²) in [6.45, 7) is 1.19. The third-order valence-corrected chi connectivity index (χ3v) is 6.58. The summed E-state index contributed by atoms with van der Waals surface area (Å²) >= 11 is 0. The Kier molecular flexibility index (Phi) is 9.49. The molecule has 0 aromatic heterocycles. The second kappa shape index (κ2) is 12.2. The Morgan fingerprint density at radius 1 is 0.944 bits per heavy atom. The lowest BCUT2D eigenvalue weighted by atomic mass is 9.87. The van der Waals surface area contributed by atoms with Gasteiger partial charge in [-0.25, -0.2) is 0 Å². The van der Waals surface area contributed by atoms with Crippen molar-refractivity contribution in [2.75, 3.05) is 6.54 Å². The van der Waals surface area contributed by atoms with Crippen molar-refractivity contribution in [3.8, 4) is 5.75 Å². The molecule has 0 unspecified atom stereocenters. The molecule has 0 bridgehead atoms. The van der Waals surface area contributed by atoms with Crippen molar-refractivity contribution in [3.05, 3.63) is 41.5 Å². The Bertz CT molecular complexity index is 1010. The van der Waals surface area contributed by atoms with E-state index in [4.69, 9.17) is 9.84 Å². The van der Waals surface area contributed by atoms with Crippen molar-refractivity contribution in [3.63, 3.8) is 0 Å². The molecule has 1 aliphatic carbocycles. The zero-order valence-electron chi connectivity index (χ0n) is 19.9. The van der Waals surface area contributed by atoms with Gasteiger partial charge in [0, 0.05) is 13.0 Å². The Balaban J connectivity index is 1.62. The zero-order chi connectivity index (χ0) is 26.3. The second-order valence-electron chi connectivity index (χ2n) is 9.36. The van der Waals surface area contributed by atoms with Crippen LogP contribution in [-0.2, 0) is 17.5 Å². The van der Waals surface area contributed by atoms with Crippen molar-refractivity contribution >= 4 is 16.7 Å². The second-order valence-corrected chi connectivity index (χ2v) is 9.36. The van der Waals surface area contributed by atoms with E-state index >= 15 is 0 Å². The molecule has 10 heteroatoms. The van der Waals surface area contributed by atoms with E-state index < -0.39 is 35.9 Å². The summed E-state index contributed by atoms with van der Waals surface area (Å²) in [7, 11) is 0. The highest BCUT2D eigenvalue weighted by Crippen LogP contribution is 2.44. The van der Waals surface area contributed by atoms with Gasteiger partial charge in [0.1, 0.15) is 11.3 Å². The number of carboxylic acids is 1. The van der Waals surface area contributed by atoms with Gasteiger partial charge in [0.25, 0.3) is 0 Å². The summed E-state index contributed by atoms with van der Waals surface area (Å²) in [5.74, 6) is -2.58. The largest absolute Gasteiger partial charge is 0.490 e. The van der Waals surface area contributed by atoms with Gasteiger partial charge in [-0.05, 0) is 73.5 Å². The van der Waals surface area contributed by atoms with E-state index in [1.54, 1.807) is 18.2 Å². The molecule has 1 aliphatic rings. The van der Waals surface area contributed by atoms with Gasteiger partial charge in [-0.2, -0.15) is 26.3 Å². The fraction of sp³-hybridized carbons (Fsp3) is 0.577. The smallest absolute Gasteiger partial charge is 0.420 e. The van der Waals surface area contributed by atoms with Crippen LogP contribution in [-0.4, -0.2) is 29.9 Å². The predicted octanol–water partition coefficient (Wildman–Crippen LogP) is 7.48. The molecule has 1 fully saturated rings. The fourth-order valence-corrected chi connectivity index (χ4v) is 4.66. The molecule has 0 atom stereocenters. The molecule has 0 aliphatic heterocycles. The molecular weight excluding hydrogens is 488 g/mol. The number of alkyl halides is 6. The quantitative estimate of drug-likeness (QED) is 0.239. The van der Waals surface area contributed by atoms with Crippen LogP contribution in [0.15, 0.2) is 30.3 Å². The van der Waals surface area contributed by atoms with Crippen LogP contribution in [0.25, 0.3) is 10.8 Å². The minimum atomic E-state index is -4.68. The summed E-state index contributed by atoms with van der Waals surface area (Å²) in [6.07, 6.45) is -6.44. The number of rotatable bonds is 11. The molecule has 0 spiro atoms. The van der Waals surface area contributed by atoms with Gasteiger partial charge in [-0.15, -0.1) is 0 Å². The number of fused-ring (bicyclic) bond motifs is 1. The molecule has 200 valence electrons. The summed E-state index contributed by atoms with van der Waals surface area (Å²) in [5, 5.41) is 12.3. The summed E-state index contributed by atoms with van der Waals surface area (Å²) in [6, 6.07) is 7.52. The van der Waals surface area contributed by atoms with E-state index in [9.17, 15) is 31.1 Å². The molecule has 3 rings (SSSR count). The first-order valence-corrected chi connectivity index (χ1v) is 12.2. The minimum absolute atomic E-state index is 0.00819. The van der Waals surface area contributed by atoms with Crippen LogP contribution in [0.1, 0.15) is 68.9 Å². The van der Waals surface area contributed by atoms with Crippen LogP contribution in [0.3, 0.4) is 0 Å². The maximum Gasteiger partial charge on any atom is 0.420 e. The monoisotopic (exact) mass is 519 g/mol. The van der Waals surface area contributed by atoms with Crippen LogP contribution in [0.2, 0.25) is 0 Å². The number of benzene rings is 2. The van der Waals surface area contributed by atoms with Gasteiger partial charge in [-0.3, -0.25) is 4.79 Å². The highest BCUT2D eigenvalue weighted by molar-refractivity contribution is 5.89. The van der Waals surface area contributed by atoms with Crippen molar-refractivity contribution < 1.29 is 41.0 Å². The lowest BCUT2D eigenvalue weighted by Gasteiger charge is -2.31. The Hall–Kier alpha value is -2.49. The van der Waals surface area contributed by atoms with Crippen LogP contribution in [0.5, 0.6) is 5.75 Å². The van der Waals surface area contributed by atoms with E-state index in [0.717, 1.165) is 24.8 Å². The number of unbranched alkanes of at least 4 members (excludes halogenated alkanes) is 3. The summed E-state index contributed by atoms with van der Waals surface area (Å²) in [4.78, 5) is 10.5. The molecule has 0 saturated heterocycles. The lowest BCUT2D eigenvalue weighted by Crippen LogP contribution is -2.32. The van der Waals surface area contributed by atoms with E-state index in [0.29, 0.717) is 24.9 Å². The first-order valence-electron chi connectivity index (χ1n) is 12.2. The van der Waals surface area contributed by atoms with E-state index in [-0.39, 0.29) is 43.2 Å². The number of carbonyl (C=O) groups is 1. The van der Waals surface area contributed by atoms with Gasteiger partial charge in [0.15, 0.2) is 0 Å². The minimum Gasteiger partial charge on any atom is -0.490 e. The normalized spacial score (nSPS) is 18.9. The summed E-state index contributed by atoms with van der Waals surface area (Å²) in [5.41, 5.74) is -0.0838. The SMILES string of the molecule is O=C(O)CCCCCCNCc1ccc2c(C(F)(F)F)c(OC3CCC(C(F)(F)F)CC3)ccc2c1.